The molecular weight excluding hydrogens is 424 g/mol. The first-order valence-corrected chi connectivity index (χ1v) is 10.9. The number of carbonyl (C=O) groups excluding carboxylic acids is 2. The van der Waals surface area contributed by atoms with Crippen LogP contribution in [0.5, 0.6) is 11.5 Å². The number of rotatable bonds is 10. The van der Waals surface area contributed by atoms with Crippen molar-refractivity contribution < 1.29 is 28.2 Å². The molecule has 1 aliphatic heterocycles. The Labute approximate surface area is 191 Å². The average molecular weight is 450 g/mol. The number of amides is 1. The number of ether oxygens (including phenoxy) is 3. The molecule has 1 aromatic heterocycles. The van der Waals surface area contributed by atoms with Crippen molar-refractivity contribution in [2.75, 3.05) is 7.11 Å². The first-order valence-electron chi connectivity index (χ1n) is 10.9. The minimum absolute atomic E-state index is 0.265. The maximum absolute atomic E-state index is 11.5. The molecule has 172 valence electrons. The molecule has 1 N–H and O–H groups in total. The van der Waals surface area contributed by atoms with Crippen LogP contribution in [-0.2, 0) is 22.6 Å². The van der Waals surface area contributed by atoms with E-state index in [9.17, 15) is 9.59 Å². The highest BCUT2D eigenvalue weighted by Gasteiger charge is 2.31. The van der Waals surface area contributed by atoms with Gasteiger partial charge in [0.2, 0.25) is 5.89 Å². The van der Waals surface area contributed by atoms with Gasteiger partial charge in [0, 0.05) is 5.56 Å². The van der Waals surface area contributed by atoms with Gasteiger partial charge in [-0.1, -0.05) is 30.7 Å². The standard InChI is InChI=1S/C25H26N2O6/c1-16-20(26-23(32-16)18-9-4-3-5-10-18)15-31-21-13-12-17(14-22(21)30-2)8-6-7-11-19-24(28)33-25(29)27-19/h3-5,9-10,12-14,19H,6-8,11,15H2,1-2H3,(H,27,29). The highest BCUT2D eigenvalue weighted by atomic mass is 16.6. The van der Waals surface area contributed by atoms with Crippen LogP contribution in [0.2, 0.25) is 0 Å². The maximum Gasteiger partial charge on any atom is 0.415 e. The summed E-state index contributed by atoms with van der Waals surface area (Å²) >= 11 is 0. The lowest BCUT2D eigenvalue weighted by molar-refractivity contribution is -0.135. The van der Waals surface area contributed by atoms with E-state index in [1.54, 1.807) is 7.11 Å². The number of unbranched alkanes of at least 4 members (excludes halogenated alkanes) is 1. The minimum atomic E-state index is -0.664. The highest BCUT2D eigenvalue weighted by molar-refractivity contribution is 5.95. The summed E-state index contributed by atoms with van der Waals surface area (Å²) < 4.78 is 21.8. The van der Waals surface area contributed by atoms with E-state index in [0.717, 1.165) is 36.1 Å². The fraction of sp³-hybridized carbons (Fsp3) is 0.320. The van der Waals surface area contributed by atoms with Crippen LogP contribution < -0.4 is 14.8 Å². The fourth-order valence-corrected chi connectivity index (χ4v) is 3.66. The van der Waals surface area contributed by atoms with E-state index in [4.69, 9.17) is 13.9 Å². The molecule has 1 fully saturated rings. The number of aromatic nitrogens is 1. The summed E-state index contributed by atoms with van der Waals surface area (Å²) in [5.41, 5.74) is 2.75. The zero-order chi connectivity index (χ0) is 23.2. The van der Waals surface area contributed by atoms with Crippen molar-refractivity contribution in [3.8, 4) is 23.0 Å². The summed E-state index contributed by atoms with van der Waals surface area (Å²) in [6.45, 7) is 2.14. The van der Waals surface area contributed by atoms with E-state index < -0.39 is 18.1 Å². The lowest BCUT2D eigenvalue weighted by Crippen LogP contribution is -2.28. The number of cyclic esters (lactones) is 2. The number of aryl methyl sites for hydroxylation is 2. The van der Waals surface area contributed by atoms with Gasteiger partial charge in [0.15, 0.2) is 11.5 Å². The maximum atomic E-state index is 11.5. The second-order valence-electron chi connectivity index (χ2n) is 7.81. The van der Waals surface area contributed by atoms with Crippen molar-refractivity contribution >= 4 is 12.1 Å². The number of alkyl carbamates (subject to hydrolysis) is 1. The van der Waals surface area contributed by atoms with Crippen LogP contribution in [0.1, 0.15) is 36.3 Å². The molecule has 1 amide bonds. The van der Waals surface area contributed by atoms with E-state index in [2.05, 4.69) is 15.0 Å². The predicted molar refractivity (Wildman–Crippen MR) is 120 cm³/mol. The molecule has 1 unspecified atom stereocenters. The first-order chi connectivity index (χ1) is 16.0. The molecule has 8 heteroatoms. The SMILES string of the molecule is COc1cc(CCCCC2NC(=O)OC2=O)ccc1OCc1nc(-c2ccccc2)oc1C. The number of methoxy groups -OCH3 is 1. The number of nitrogens with one attached hydrogen (secondary N) is 1. The van der Waals surface area contributed by atoms with Gasteiger partial charge in [0.05, 0.1) is 7.11 Å². The Morgan fingerprint density at radius 3 is 2.61 bits per heavy atom. The molecule has 3 aromatic rings. The van der Waals surface area contributed by atoms with Crippen molar-refractivity contribution in [1.82, 2.24) is 10.3 Å². The van der Waals surface area contributed by atoms with E-state index in [-0.39, 0.29) is 6.61 Å². The van der Waals surface area contributed by atoms with Gasteiger partial charge in [-0.25, -0.2) is 14.6 Å². The van der Waals surface area contributed by atoms with Gasteiger partial charge in [0.25, 0.3) is 0 Å². The molecule has 1 aliphatic rings. The number of oxazole rings is 1. The number of benzene rings is 2. The Balaban J connectivity index is 1.31. The van der Waals surface area contributed by atoms with Crippen LogP contribution in [0.25, 0.3) is 11.5 Å². The molecule has 0 bridgehead atoms. The lowest BCUT2D eigenvalue weighted by Gasteiger charge is -2.12. The fourth-order valence-electron chi connectivity index (χ4n) is 3.66. The molecule has 0 saturated carbocycles. The van der Waals surface area contributed by atoms with E-state index >= 15 is 0 Å². The van der Waals surface area contributed by atoms with Crippen LogP contribution in [0.3, 0.4) is 0 Å². The monoisotopic (exact) mass is 450 g/mol. The van der Waals surface area contributed by atoms with Gasteiger partial charge in [-0.05, 0) is 56.0 Å². The number of hydrogen-bond acceptors (Lipinski definition) is 7. The summed E-state index contributed by atoms with van der Waals surface area (Å²) in [4.78, 5) is 27.1. The summed E-state index contributed by atoms with van der Waals surface area (Å²) in [6, 6.07) is 15.0. The second kappa shape index (κ2) is 10.2. The van der Waals surface area contributed by atoms with Crippen LogP contribution in [0.4, 0.5) is 4.79 Å². The van der Waals surface area contributed by atoms with Crippen molar-refractivity contribution in [3.05, 3.63) is 65.5 Å². The third kappa shape index (κ3) is 5.52. The Morgan fingerprint density at radius 2 is 1.88 bits per heavy atom. The number of hydrogen-bond donors (Lipinski definition) is 1. The Morgan fingerprint density at radius 1 is 1.06 bits per heavy atom. The van der Waals surface area contributed by atoms with Crippen LogP contribution >= 0.6 is 0 Å². The third-order valence-corrected chi connectivity index (χ3v) is 5.48. The van der Waals surface area contributed by atoms with Gasteiger partial charge in [0.1, 0.15) is 24.1 Å². The quantitative estimate of drug-likeness (QED) is 0.274. The van der Waals surface area contributed by atoms with Gasteiger partial charge in [-0.15, -0.1) is 0 Å². The largest absolute Gasteiger partial charge is 0.493 e. The summed E-state index contributed by atoms with van der Waals surface area (Å²) in [5, 5.41) is 2.51. The number of carbonyl (C=O) groups is 2. The van der Waals surface area contributed by atoms with Gasteiger partial charge < -0.3 is 23.9 Å². The topological polar surface area (TPSA) is 99.9 Å². The van der Waals surface area contributed by atoms with E-state index in [0.29, 0.717) is 29.6 Å². The molecule has 0 radical (unpaired) electrons. The molecule has 0 spiro atoms. The Kier molecular flexibility index (Phi) is 6.92. The van der Waals surface area contributed by atoms with E-state index in [1.807, 2.05) is 55.5 Å². The van der Waals surface area contributed by atoms with Crippen molar-refractivity contribution in [2.24, 2.45) is 0 Å². The van der Waals surface area contributed by atoms with Gasteiger partial charge >= 0.3 is 12.1 Å². The zero-order valence-corrected chi connectivity index (χ0v) is 18.6. The normalized spacial score (nSPS) is 15.3. The van der Waals surface area contributed by atoms with E-state index in [1.165, 1.54) is 0 Å². The Hall–Kier alpha value is -3.81. The predicted octanol–water partition coefficient (Wildman–Crippen LogP) is 4.59. The molecular formula is C25H26N2O6. The third-order valence-electron chi connectivity index (χ3n) is 5.48. The van der Waals surface area contributed by atoms with Crippen LogP contribution in [0.15, 0.2) is 52.9 Å². The molecule has 2 heterocycles. The summed E-state index contributed by atoms with van der Waals surface area (Å²) in [6.07, 6.45) is 2.36. The number of esters is 1. The smallest absolute Gasteiger partial charge is 0.415 e. The van der Waals surface area contributed by atoms with Gasteiger partial charge in [-0.3, -0.25) is 0 Å². The molecule has 4 rings (SSSR count). The second-order valence-corrected chi connectivity index (χ2v) is 7.81. The number of nitrogens with zero attached hydrogens (tertiary/aromatic N) is 1. The molecule has 0 aliphatic carbocycles. The zero-order valence-electron chi connectivity index (χ0n) is 18.6. The van der Waals surface area contributed by atoms with Crippen molar-refractivity contribution in [1.29, 1.82) is 0 Å². The van der Waals surface area contributed by atoms with Crippen molar-refractivity contribution in [3.63, 3.8) is 0 Å². The summed E-state index contributed by atoms with van der Waals surface area (Å²) in [7, 11) is 1.61. The molecule has 33 heavy (non-hydrogen) atoms. The average Bonchev–Trinajstić information content (AvgIpc) is 3.36. The minimum Gasteiger partial charge on any atom is -0.493 e. The molecule has 2 aromatic carbocycles. The molecule has 1 saturated heterocycles. The Bertz CT molecular complexity index is 1130. The molecule has 8 nitrogen and oxygen atoms in total. The highest BCUT2D eigenvalue weighted by Crippen LogP contribution is 2.30. The van der Waals surface area contributed by atoms with Gasteiger partial charge in [-0.2, -0.15) is 0 Å². The lowest BCUT2D eigenvalue weighted by atomic mass is 10.0. The first kappa shape index (κ1) is 22.4. The van der Waals surface area contributed by atoms with Crippen molar-refractivity contribution in [2.45, 2.75) is 45.3 Å². The van der Waals surface area contributed by atoms with Crippen LogP contribution in [0, 0.1) is 6.92 Å². The van der Waals surface area contributed by atoms with Crippen LogP contribution in [-0.4, -0.2) is 30.2 Å². The summed E-state index contributed by atoms with van der Waals surface area (Å²) in [5.74, 6) is 2.05. The molecule has 1 atom stereocenters.